The van der Waals surface area contributed by atoms with Gasteiger partial charge in [0.05, 0.1) is 17.7 Å². The molecule has 4 nitrogen and oxygen atoms in total. The second-order valence-corrected chi connectivity index (χ2v) is 3.12. The Bertz CT molecular complexity index is 314. The third-order valence-corrected chi connectivity index (χ3v) is 2.22. The molecule has 0 spiro atoms. The Balaban J connectivity index is 3.12. The predicted molar refractivity (Wildman–Crippen MR) is 44.6 cm³/mol. The number of pyridine rings is 1. The van der Waals surface area contributed by atoms with Crippen LogP contribution in [0.15, 0.2) is 17.0 Å². The van der Waals surface area contributed by atoms with Crippen molar-refractivity contribution in [1.82, 2.24) is 4.98 Å². The number of hydrogen-bond donors (Lipinski definition) is 1. The monoisotopic (exact) mass is 187 g/mol. The molecule has 66 valence electrons. The van der Waals surface area contributed by atoms with Crippen LogP contribution in [-0.4, -0.2) is 20.9 Å². The summed E-state index contributed by atoms with van der Waals surface area (Å²) in [4.78, 5) is 4.25. The van der Waals surface area contributed by atoms with E-state index in [2.05, 4.69) is 4.98 Å². The number of hydrogen-bond acceptors (Lipinski definition) is 3. The van der Waals surface area contributed by atoms with Gasteiger partial charge < -0.3 is 9.29 Å². The Hall–Kier alpha value is -0.940. The second kappa shape index (κ2) is 3.64. The minimum atomic E-state index is -1.97. The molecule has 0 fully saturated rings. The standard InChI is InChI=1S/C7H9NO3S/c1-5-6(12(9)10)3-4-7(8-5)11-2/h3-4H,1-2H3,(H,9,10). The average molecular weight is 187 g/mol. The van der Waals surface area contributed by atoms with E-state index in [4.69, 9.17) is 9.29 Å². The molecule has 1 atom stereocenters. The summed E-state index contributed by atoms with van der Waals surface area (Å²) in [6, 6.07) is 3.08. The first-order valence-electron chi connectivity index (χ1n) is 3.27. The highest BCUT2D eigenvalue weighted by Crippen LogP contribution is 2.13. The summed E-state index contributed by atoms with van der Waals surface area (Å²) in [5.41, 5.74) is 0.509. The van der Waals surface area contributed by atoms with E-state index in [1.165, 1.54) is 13.2 Å². The zero-order valence-electron chi connectivity index (χ0n) is 6.77. The van der Waals surface area contributed by atoms with Crippen molar-refractivity contribution in [3.05, 3.63) is 17.8 Å². The molecular formula is C7H9NO3S. The van der Waals surface area contributed by atoms with Gasteiger partial charge in [0.15, 0.2) is 11.1 Å². The molecule has 0 aliphatic carbocycles. The third kappa shape index (κ3) is 1.80. The maximum absolute atomic E-state index is 10.7. The van der Waals surface area contributed by atoms with E-state index in [1.54, 1.807) is 13.0 Å². The lowest BCUT2D eigenvalue weighted by molar-refractivity contribution is 0.396. The van der Waals surface area contributed by atoms with Crippen LogP contribution in [0.25, 0.3) is 0 Å². The zero-order chi connectivity index (χ0) is 9.14. The largest absolute Gasteiger partial charge is 0.481 e. The van der Waals surface area contributed by atoms with Crippen LogP contribution in [0.3, 0.4) is 0 Å². The first-order valence-corrected chi connectivity index (χ1v) is 4.38. The number of aryl methyl sites for hydroxylation is 1. The van der Waals surface area contributed by atoms with Crippen molar-refractivity contribution in [2.24, 2.45) is 0 Å². The molecule has 1 aromatic heterocycles. The smallest absolute Gasteiger partial charge is 0.213 e. The highest BCUT2D eigenvalue weighted by molar-refractivity contribution is 7.79. The fourth-order valence-corrected chi connectivity index (χ4v) is 1.31. The third-order valence-electron chi connectivity index (χ3n) is 1.41. The number of nitrogens with zero attached hydrogens (tertiary/aromatic N) is 1. The van der Waals surface area contributed by atoms with Gasteiger partial charge in [-0.3, -0.25) is 0 Å². The van der Waals surface area contributed by atoms with E-state index < -0.39 is 11.1 Å². The molecule has 0 aliphatic rings. The molecule has 0 aromatic carbocycles. The minimum absolute atomic E-state index is 0.316. The van der Waals surface area contributed by atoms with Crippen molar-refractivity contribution in [2.45, 2.75) is 11.8 Å². The van der Waals surface area contributed by atoms with E-state index in [0.29, 0.717) is 16.5 Å². The molecule has 0 saturated carbocycles. The van der Waals surface area contributed by atoms with Crippen LogP contribution in [0.5, 0.6) is 5.88 Å². The van der Waals surface area contributed by atoms with E-state index in [0.717, 1.165) is 0 Å². The van der Waals surface area contributed by atoms with Crippen LogP contribution in [0.2, 0.25) is 0 Å². The molecule has 0 bridgehead atoms. The van der Waals surface area contributed by atoms with E-state index in [1.807, 2.05) is 0 Å². The maximum Gasteiger partial charge on any atom is 0.213 e. The van der Waals surface area contributed by atoms with E-state index in [9.17, 15) is 4.21 Å². The fraction of sp³-hybridized carbons (Fsp3) is 0.286. The molecule has 1 unspecified atom stereocenters. The Kier molecular flexibility index (Phi) is 2.78. The summed E-state index contributed by atoms with van der Waals surface area (Å²) >= 11 is -1.97. The predicted octanol–water partition coefficient (Wildman–Crippen LogP) is 0.979. The summed E-state index contributed by atoms with van der Waals surface area (Å²) < 4.78 is 24.2. The van der Waals surface area contributed by atoms with E-state index in [-0.39, 0.29) is 0 Å². The molecule has 0 saturated heterocycles. The molecule has 5 heteroatoms. The van der Waals surface area contributed by atoms with Gasteiger partial charge in [0.25, 0.3) is 0 Å². The van der Waals surface area contributed by atoms with Gasteiger partial charge in [-0.25, -0.2) is 9.19 Å². The Labute approximate surface area is 72.9 Å². The first kappa shape index (κ1) is 9.15. The lowest BCUT2D eigenvalue weighted by atomic mass is 10.4. The number of rotatable bonds is 2. The lowest BCUT2D eigenvalue weighted by Crippen LogP contribution is -1.97. The molecule has 1 heterocycles. The normalized spacial score (nSPS) is 12.6. The van der Waals surface area contributed by atoms with Crippen LogP contribution in [-0.2, 0) is 11.1 Å². The van der Waals surface area contributed by atoms with Crippen molar-refractivity contribution in [1.29, 1.82) is 0 Å². The molecule has 0 radical (unpaired) electrons. The van der Waals surface area contributed by atoms with E-state index >= 15 is 0 Å². The van der Waals surface area contributed by atoms with Crippen molar-refractivity contribution in [3.8, 4) is 5.88 Å². The van der Waals surface area contributed by atoms with Gasteiger partial charge in [0.1, 0.15) is 0 Å². The maximum atomic E-state index is 10.7. The molecule has 1 rings (SSSR count). The molecule has 12 heavy (non-hydrogen) atoms. The fourth-order valence-electron chi connectivity index (χ4n) is 0.823. The molecule has 1 N–H and O–H groups in total. The number of methoxy groups -OCH3 is 1. The first-order chi connectivity index (χ1) is 5.65. The Morgan fingerprint density at radius 2 is 2.25 bits per heavy atom. The van der Waals surface area contributed by atoms with Gasteiger partial charge in [-0.1, -0.05) is 0 Å². The highest BCUT2D eigenvalue weighted by Gasteiger charge is 2.05. The second-order valence-electron chi connectivity index (χ2n) is 2.19. The quantitative estimate of drug-likeness (QED) is 0.701. The van der Waals surface area contributed by atoms with Gasteiger partial charge >= 0.3 is 0 Å². The van der Waals surface area contributed by atoms with Crippen LogP contribution in [0.1, 0.15) is 5.69 Å². The van der Waals surface area contributed by atoms with Gasteiger partial charge in [-0.2, -0.15) is 0 Å². The summed E-state index contributed by atoms with van der Waals surface area (Å²) in [7, 11) is 1.50. The number of aromatic nitrogens is 1. The van der Waals surface area contributed by atoms with Crippen molar-refractivity contribution in [3.63, 3.8) is 0 Å². The molecule has 0 amide bonds. The Morgan fingerprint density at radius 3 is 2.67 bits per heavy atom. The molecular weight excluding hydrogens is 178 g/mol. The number of ether oxygens (including phenoxy) is 1. The molecule has 1 aromatic rings. The topological polar surface area (TPSA) is 59.4 Å². The van der Waals surface area contributed by atoms with Gasteiger partial charge in [-0.15, -0.1) is 0 Å². The van der Waals surface area contributed by atoms with Gasteiger partial charge in [0.2, 0.25) is 5.88 Å². The zero-order valence-corrected chi connectivity index (χ0v) is 7.59. The van der Waals surface area contributed by atoms with Crippen LogP contribution in [0.4, 0.5) is 0 Å². The van der Waals surface area contributed by atoms with Crippen molar-refractivity contribution < 1.29 is 13.5 Å². The van der Waals surface area contributed by atoms with Crippen LogP contribution >= 0.6 is 0 Å². The van der Waals surface area contributed by atoms with Crippen LogP contribution < -0.4 is 4.74 Å². The summed E-state index contributed by atoms with van der Waals surface area (Å²) in [6.07, 6.45) is 0. The van der Waals surface area contributed by atoms with Crippen LogP contribution in [0, 0.1) is 6.92 Å². The van der Waals surface area contributed by atoms with Gasteiger partial charge in [-0.05, 0) is 13.0 Å². The summed E-state index contributed by atoms with van der Waals surface area (Å²) in [6.45, 7) is 1.66. The Morgan fingerprint density at radius 1 is 1.58 bits per heavy atom. The summed E-state index contributed by atoms with van der Waals surface area (Å²) in [5, 5.41) is 0. The van der Waals surface area contributed by atoms with Crippen molar-refractivity contribution in [2.75, 3.05) is 7.11 Å². The molecule has 0 aliphatic heterocycles. The average Bonchev–Trinajstić information content (AvgIpc) is 2.03. The summed E-state index contributed by atoms with van der Waals surface area (Å²) in [5.74, 6) is 0.446. The minimum Gasteiger partial charge on any atom is -0.481 e. The van der Waals surface area contributed by atoms with Crippen molar-refractivity contribution >= 4 is 11.1 Å². The van der Waals surface area contributed by atoms with Gasteiger partial charge in [0, 0.05) is 6.07 Å². The SMILES string of the molecule is COc1ccc(S(=O)O)c(C)n1. The highest BCUT2D eigenvalue weighted by atomic mass is 32.2. The lowest BCUT2D eigenvalue weighted by Gasteiger charge is -2.02.